The maximum Gasteiger partial charge on any atom is 0.407 e. The Bertz CT molecular complexity index is 388. The van der Waals surface area contributed by atoms with Crippen molar-refractivity contribution in [3.63, 3.8) is 0 Å². The van der Waals surface area contributed by atoms with Gasteiger partial charge in [0.1, 0.15) is 12.4 Å². The molecular formula is C13H17FN2O2. The number of rotatable bonds is 3. The monoisotopic (exact) mass is 252 g/mol. The van der Waals surface area contributed by atoms with E-state index in [2.05, 4.69) is 10.6 Å². The lowest BCUT2D eigenvalue weighted by molar-refractivity contribution is 0.133. The minimum Gasteiger partial charge on any atom is -0.445 e. The first-order valence-electron chi connectivity index (χ1n) is 6.12. The van der Waals surface area contributed by atoms with E-state index in [1.807, 2.05) is 0 Å². The van der Waals surface area contributed by atoms with Crippen LogP contribution in [0.15, 0.2) is 24.3 Å². The molecule has 5 heteroatoms. The number of hydrogen-bond donors (Lipinski definition) is 2. The van der Waals surface area contributed by atoms with Crippen LogP contribution in [-0.4, -0.2) is 25.2 Å². The van der Waals surface area contributed by atoms with E-state index in [0.29, 0.717) is 0 Å². The molecule has 1 aliphatic rings. The number of alkyl carbamates (subject to hydrolysis) is 1. The lowest BCUT2D eigenvalue weighted by atomic mass is 10.1. The van der Waals surface area contributed by atoms with Crippen molar-refractivity contribution >= 4 is 6.09 Å². The zero-order chi connectivity index (χ0) is 12.8. The van der Waals surface area contributed by atoms with Gasteiger partial charge >= 0.3 is 6.09 Å². The molecule has 0 bridgehead atoms. The van der Waals surface area contributed by atoms with E-state index < -0.39 is 6.09 Å². The molecule has 1 aromatic carbocycles. The number of hydrogen-bond acceptors (Lipinski definition) is 3. The fourth-order valence-corrected chi connectivity index (χ4v) is 1.90. The summed E-state index contributed by atoms with van der Waals surface area (Å²) in [6, 6.07) is 6.10. The highest BCUT2D eigenvalue weighted by molar-refractivity contribution is 5.67. The molecule has 0 aromatic heterocycles. The van der Waals surface area contributed by atoms with Crippen molar-refractivity contribution < 1.29 is 13.9 Å². The number of amides is 1. The number of carbonyl (C=O) groups is 1. The molecule has 0 unspecified atom stereocenters. The fraction of sp³-hybridized carbons (Fsp3) is 0.462. The standard InChI is InChI=1S/C13H17FN2O2/c14-11-3-1-10(2-4-11)9-18-13(17)16-12-5-7-15-8-6-12/h1-4,12,15H,5-9H2,(H,16,17). The maximum atomic E-state index is 12.7. The minimum absolute atomic E-state index is 0.164. The molecule has 0 spiro atoms. The van der Waals surface area contributed by atoms with Crippen molar-refractivity contribution in [2.45, 2.75) is 25.5 Å². The van der Waals surface area contributed by atoms with Crippen LogP contribution in [0.4, 0.5) is 9.18 Å². The predicted octanol–water partition coefficient (Wildman–Crippen LogP) is 1.80. The molecule has 1 amide bonds. The molecule has 0 atom stereocenters. The molecule has 0 radical (unpaired) electrons. The van der Waals surface area contributed by atoms with Crippen LogP contribution in [0.2, 0.25) is 0 Å². The summed E-state index contributed by atoms with van der Waals surface area (Å²) in [7, 11) is 0. The van der Waals surface area contributed by atoms with Crippen LogP contribution in [0, 0.1) is 5.82 Å². The number of piperidine rings is 1. The lowest BCUT2D eigenvalue weighted by Gasteiger charge is -2.23. The average Bonchev–Trinajstić information content (AvgIpc) is 2.39. The molecule has 1 heterocycles. The third kappa shape index (κ3) is 4.00. The molecule has 18 heavy (non-hydrogen) atoms. The average molecular weight is 252 g/mol. The Morgan fingerprint density at radius 2 is 2.00 bits per heavy atom. The molecule has 4 nitrogen and oxygen atoms in total. The van der Waals surface area contributed by atoms with E-state index >= 15 is 0 Å². The van der Waals surface area contributed by atoms with Crippen molar-refractivity contribution in [3.8, 4) is 0 Å². The maximum absolute atomic E-state index is 12.7. The van der Waals surface area contributed by atoms with Gasteiger partial charge in [0.15, 0.2) is 0 Å². The van der Waals surface area contributed by atoms with Crippen LogP contribution in [-0.2, 0) is 11.3 Å². The van der Waals surface area contributed by atoms with Gasteiger partial charge in [-0.15, -0.1) is 0 Å². The van der Waals surface area contributed by atoms with Gasteiger partial charge < -0.3 is 15.4 Å². The van der Waals surface area contributed by atoms with E-state index in [-0.39, 0.29) is 18.5 Å². The van der Waals surface area contributed by atoms with Crippen molar-refractivity contribution in [2.75, 3.05) is 13.1 Å². The molecular weight excluding hydrogens is 235 g/mol. The van der Waals surface area contributed by atoms with Crippen molar-refractivity contribution in [1.29, 1.82) is 0 Å². The molecule has 1 fully saturated rings. The van der Waals surface area contributed by atoms with Gasteiger partial charge in [-0.1, -0.05) is 12.1 Å². The third-order valence-corrected chi connectivity index (χ3v) is 2.94. The van der Waals surface area contributed by atoms with Gasteiger partial charge in [0.2, 0.25) is 0 Å². The number of carbonyl (C=O) groups excluding carboxylic acids is 1. The minimum atomic E-state index is -0.411. The van der Waals surface area contributed by atoms with Gasteiger partial charge in [-0.3, -0.25) is 0 Å². The van der Waals surface area contributed by atoms with Crippen LogP contribution >= 0.6 is 0 Å². The van der Waals surface area contributed by atoms with Gasteiger partial charge in [0.05, 0.1) is 0 Å². The summed E-state index contributed by atoms with van der Waals surface area (Å²) in [4.78, 5) is 11.5. The Balaban J connectivity index is 1.72. The third-order valence-electron chi connectivity index (χ3n) is 2.94. The number of ether oxygens (including phenoxy) is 1. The SMILES string of the molecule is O=C(NC1CCNCC1)OCc1ccc(F)cc1. The second kappa shape index (κ2) is 6.35. The van der Waals surface area contributed by atoms with E-state index in [1.165, 1.54) is 12.1 Å². The normalized spacial score (nSPS) is 16.3. The van der Waals surface area contributed by atoms with Gasteiger partial charge in [0, 0.05) is 6.04 Å². The summed E-state index contributed by atoms with van der Waals surface area (Å²) >= 11 is 0. The van der Waals surface area contributed by atoms with E-state index in [1.54, 1.807) is 12.1 Å². The van der Waals surface area contributed by atoms with Crippen LogP contribution in [0.3, 0.4) is 0 Å². The first kappa shape index (κ1) is 12.8. The molecule has 0 saturated carbocycles. The first-order valence-corrected chi connectivity index (χ1v) is 6.12. The van der Waals surface area contributed by atoms with Gasteiger partial charge in [-0.05, 0) is 43.6 Å². The summed E-state index contributed by atoms with van der Waals surface area (Å²) in [5.74, 6) is -0.294. The highest BCUT2D eigenvalue weighted by Gasteiger charge is 2.15. The van der Waals surface area contributed by atoms with Crippen LogP contribution in [0.25, 0.3) is 0 Å². The summed E-state index contributed by atoms with van der Waals surface area (Å²) < 4.78 is 17.7. The van der Waals surface area contributed by atoms with Crippen LogP contribution in [0.1, 0.15) is 18.4 Å². The first-order chi connectivity index (χ1) is 8.74. The summed E-state index contributed by atoms with van der Waals surface area (Å²) in [6.07, 6.45) is 1.43. The highest BCUT2D eigenvalue weighted by atomic mass is 19.1. The Kier molecular flexibility index (Phi) is 4.52. The molecule has 98 valence electrons. The van der Waals surface area contributed by atoms with Crippen molar-refractivity contribution in [3.05, 3.63) is 35.6 Å². The van der Waals surface area contributed by atoms with Gasteiger partial charge in [0.25, 0.3) is 0 Å². The number of halogens is 1. The van der Waals surface area contributed by atoms with E-state index in [0.717, 1.165) is 31.5 Å². The van der Waals surface area contributed by atoms with E-state index in [4.69, 9.17) is 4.74 Å². The molecule has 2 N–H and O–H groups in total. The number of nitrogens with one attached hydrogen (secondary N) is 2. The van der Waals surface area contributed by atoms with Crippen molar-refractivity contribution in [1.82, 2.24) is 10.6 Å². The zero-order valence-electron chi connectivity index (χ0n) is 10.1. The summed E-state index contributed by atoms with van der Waals surface area (Å²) in [5, 5.41) is 6.05. The Morgan fingerprint density at radius 3 is 2.67 bits per heavy atom. The highest BCUT2D eigenvalue weighted by Crippen LogP contribution is 2.06. The fourth-order valence-electron chi connectivity index (χ4n) is 1.90. The molecule has 1 aromatic rings. The predicted molar refractivity (Wildman–Crippen MR) is 65.6 cm³/mol. The summed E-state index contributed by atoms with van der Waals surface area (Å²) in [6.45, 7) is 2.00. The lowest BCUT2D eigenvalue weighted by Crippen LogP contribution is -2.42. The Hall–Kier alpha value is -1.62. The topological polar surface area (TPSA) is 50.4 Å². The Labute approximate surface area is 106 Å². The zero-order valence-corrected chi connectivity index (χ0v) is 10.1. The smallest absolute Gasteiger partial charge is 0.407 e. The second-order valence-corrected chi connectivity index (χ2v) is 4.37. The molecule has 0 aliphatic carbocycles. The largest absolute Gasteiger partial charge is 0.445 e. The molecule has 2 rings (SSSR count). The van der Waals surface area contributed by atoms with Gasteiger partial charge in [-0.2, -0.15) is 0 Å². The molecule has 1 aliphatic heterocycles. The quantitative estimate of drug-likeness (QED) is 0.862. The molecule has 1 saturated heterocycles. The number of benzene rings is 1. The Morgan fingerprint density at radius 1 is 1.33 bits per heavy atom. The summed E-state index contributed by atoms with van der Waals surface area (Å²) in [5.41, 5.74) is 0.775. The van der Waals surface area contributed by atoms with Gasteiger partial charge in [-0.25, -0.2) is 9.18 Å². The van der Waals surface area contributed by atoms with Crippen LogP contribution in [0.5, 0.6) is 0 Å². The second-order valence-electron chi connectivity index (χ2n) is 4.37. The van der Waals surface area contributed by atoms with E-state index in [9.17, 15) is 9.18 Å². The van der Waals surface area contributed by atoms with Crippen LogP contribution < -0.4 is 10.6 Å². The van der Waals surface area contributed by atoms with Crippen molar-refractivity contribution in [2.24, 2.45) is 0 Å².